The molecule has 1 aliphatic rings. The van der Waals surface area contributed by atoms with Crippen molar-refractivity contribution >= 4 is 50.1 Å². The third kappa shape index (κ3) is 6.01. The molecule has 41 heavy (non-hydrogen) atoms. The van der Waals surface area contributed by atoms with E-state index in [9.17, 15) is 4.79 Å². The summed E-state index contributed by atoms with van der Waals surface area (Å²) in [5, 5.41) is 9.44. The van der Waals surface area contributed by atoms with Gasteiger partial charge in [0.25, 0.3) is 0 Å². The Morgan fingerprint density at radius 3 is 2.63 bits per heavy atom. The predicted octanol–water partition coefficient (Wildman–Crippen LogP) is 4.70. The van der Waals surface area contributed by atoms with Gasteiger partial charge in [0.1, 0.15) is 16.1 Å². The van der Waals surface area contributed by atoms with Crippen molar-refractivity contribution in [3.05, 3.63) is 48.5 Å². The van der Waals surface area contributed by atoms with Gasteiger partial charge in [-0.15, -0.1) is 0 Å². The fourth-order valence-corrected chi connectivity index (χ4v) is 5.46. The lowest BCUT2D eigenvalue weighted by atomic mass is 9.93. The number of hydrogen-bond donors (Lipinski definition) is 2. The van der Waals surface area contributed by atoms with Gasteiger partial charge in [-0.3, -0.25) is 14.6 Å². The van der Waals surface area contributed by atoms with E-state index in [0.717, 1.165) is 66.0 Å². The number of carbonyl (C=O) groups excluding carboxylic acids is 1. The number of fused-ring (bicyclic) bond motifs is 3. The molecule has 1 aromatic carbocycles. The molecule has 0 radical (unpaired) electrons. The minimum Gasteiger partial charge on any atom is -0.379 e. The molecule has 5 aromatic rings. The smallest absolute Gasteiger partial charge is 0.324 e. The van der Waals surface area contributed by atoms with Gasteiger partial charge in [0.05, 0.1) is 25.1 Å². The van der Waals surface area contributed by atoms with Crippen molar-refractivity contribution in [2.45, 2.75) is 26.2 Å². The molecule has 1 aliphatic heterocycles. The first-order valence-corrected chi connectivity index (χ1v) is 14.4. The topological polar surface area (TPSA) is 126 Å². The van der Waals surface area contributed by atoms with Crippen LogP contribution in [-0.4, -0.2) is 81.9 Å². The number of benzene rings is 1. The zero-order valence-corrected chi connectivity index (χ0v) is 24.4. The number of amides is 2. The molecule has 0 unspecified atom stereocenters. The molecule has 0 atom stereocenters. The lowest BCUT2D eigenvalue weighted by Gasteiger charge is -2.28. The van der Waals surface area contributed by atoms with E-state index in [1.807, 2.05) is 68.9 Å². The third-order valence-electron chi connectivity index (χ3n) is 6.97. The normalized spacial score (nSPS) is 14.5. The molecule has 1 saturated heterocycles. The Hall–Kier alpha value is -4.07. The fourth-order valence-electron chi connectivity index (χ4n) is 4.52. The van der Waals surface area contributed by atoms with Gasteiger partial charge in [0.15, 0.2) is 10.8 Å². The Morgan fingerprint density at radius 2 is 1.90 bits per heavy atom. The first-order valence-electron chi connectivity index (χ1n) is 13.5. The van der Waals surface area contributed by atoms with E-state index in [1.165, 1.54) is 11.3 Å². The Balaban J connectivity index is 1.10. The van der Waals surface area contributed by atoms with E-state index in [2.05, 4.69) is 30.6 Å². The molecule has 5 heterocycles. The molecule has 6 rings (SSSR count). The molecule has 214 valence electrons. The number of hydrogen-bond acceptors (Lipinski definition) is 10. The van der Waals surface area contributed by atoms with E-state index in [0.29, 0.717) is 23.2 Å². The Bertz CT molecular complexity index is 1660. The summed E-state index contributed by atoms with van der Waals surface area (Å²) in [5.74, 6) is 1.77. The van der Waals surface area contributed by atoms with Crippen molar-refractivity contribution < 1.29 is 14.1 Å². The molecule has 2 N–H and O–H groups in total. The highest BCUT2D eigenvalue weighted by atomic mass is 32.1. The van der Waals surface area contributed by atoms with E-state index in [4.69, 9.17) is 19.2 Å². The first-order chi connectivity index (χ1) is 19.7. The number of nitrogens with zero attached hydrogens (tertiary/aromatic N) is 7. The number of imidazole rings is 1. The maximum absolute atomic E-state index is 12.4. The largest absolute Gasteiger partial charge is 0.379 e. The van der Waals surface area contributed by atoms with Gasteiger partial charge < -0.3 is 19.5 Å². The Labute approximate surface area is 241 Å². The number of rotatable bonds is 7. The standard InChI is InChI=1S/C28H33N9O3S/c1-28(2,3)22-15-23(34-40-22)32-26(38)30-19-7-5-18(6-8-19)20-17-37-21-16-29-25(33-24(21)41-27(37)31-20)35(4)9-10-36-11-13-39-14-12-36/h5-8,15-17H,9-14H2,1-4H3,(H2,30,32,34,38). The van der Waals surface area contributed by atoms with Crippen LogP contribution in [0.3, 0.4) is 0 Å². The summed E-state index contributed by atoms with van der Waals surface area (Å²) in [7, 11) is 2.03. The van der Waals surface area contributed by atoms with Crippen molar-refractivity contribution in [1.82, 2.24) is 29.4 Å². The zero-order valence-electron chi connectivity index (χ0n) is 23.5. The number of nitrogens with one attached hydrogen (secondary N) is 2. The molecular formula is C28H33N9O3S. The monoisotopic (exact) mass is 575 g/mol. The number of thiazole rings is 1. The van der Waals surface area contributed by atoms with Gasteiger partial charge in [-0.25, -0.2) is 19.7 Å². The summed E-state index contributed by atoms with van der Waals surface area (Å²) in [4.78, 5) is 32.9. The molecule has 1 fully saturated rings. The second-order valence-corrected chi connectivity index (χ2v) is 12.1. The quantitative estimate of drug-likeness (QED) is 0.284. The fraction of sp³-hybridized carbons (Fsp3) is 0.393. The minimum atomic E-state index is -0.397. The Kier molecular flexibility index (Phi) is 7.32. The number of urea groups is 1. The highest BCUT2D eigenvalue weighted by molar-refractivity contribution is 7.23. The van der Waals surface area contributed by atoms with Gasteiger partial charge in [-0.2, -0.15) is 0 Å². The Morgan fingerprint density at radius 1 is 1.12 bits per heavy atom. The van der Waals surface area contributed by atoms with E-state index < -0.39 is 6.03 Å². The number of aromatic nitrogens is 5. The maximum atomic E-state index is 12.4. The SMILES string of the molecule is CN(CCN1CCOCC1)c1ncc2c(n1)sc1nc(-c3ccc(NC(=O)Nc4cc(C(C)(C)C)on4)cc3)cn12. The molecule has 0 saturated carbocycles. The summed E-state index contributed by atoms with van der Waals surface area (Å²) in [6, 6.07) is 8.86. The summed E-state index contributed by atoms with van der Waals surface area (Å²) in [5.41, 5.74) is 3.15. The van der Waals surface area contributed by atoms with Crippen molar-refractivity contribution in [3.8, 4) is 11.3 Å². The van der Waals surface area contributed by atoms with Gasteiger partial charge in [-0.05, 0) is 12.1 Å². The van der Waals surface area contributed by atoms with Crippen LogP contribution in [0.15, 0.2) is 47.2 Å². The molecule has 13 heteroatoms. The van der Waals surface area contributed by atoms with E-state index in [-0.39, 0.29) is 5.41 Å². The van der Waals surface area contributed by atoms with Crippen molar-refractivity contribution in [2.75, 3.05) is 62.0 Å². The van der Waals surface area contributed by atoms with Crippen molar-refractivity contribution in [3.63, 3.8) is 0 Å². The lowest BCUT2D eigenvalue weighted by Crippen LogP contribution is -2.41. The second-order valence-electron chi connectivity index (χ2n) is 11.1. The van der Waals surface area contributed by atoms with Crippen LogP contribution in [0.4, 0.5) is 22.2 Å². The summed E-state index contributed by atoms with van der Waals surface area (Å²) >= 11 is 1.54. The van der Waals surface area contributed by atoms with E-state index in [1.54, 1.807) is 6.07 Å². The van der Waals surface area contributed by atoms with Crippen LogP contribution in [0.1, 0.15) is 26.5 Å². The molecule has 0 spiro atoms. The van der Waals surface area contributed by atoms with Crippen molar-refractivity contribution in [1.29, 1.82) is 0 Å². The lowest BCUT2D eigenvalue weighted by molar-refractivity contribution is 0.0392. The average molecular weight is 576 g/mol. The second kappa shape index (κ2) is 11.1. The van der Waals surface area contributed by atoms with Crippen LogP contribution in [0.2, 0.25) is 0 Å². The van der Waals surface area contributed by atoms with Gasteiger partial charge in [0, 0.05) is 62.2 Å². The highest BCUT2D eigenvalue weighted by Crippen LogP contribution is 2.30. The number of anilines is 3. The van der Waals surface area contributed by atoms with Gasteiger partial charge >= 0.3 is 6.03 Å². The number of morpholine rings is 1. The molecule has 0 aliphatic carbocycles. The van der Waals surface area contributed by atoms with Crippen molar-refractivity contribution in [2.24, 2.45) is 0 Å². The van der Waals surface area contributed by atoms with Crippen LogP contribution in [0.5, 0.6) is 0 Å². The summed E-state index contributed by atoms with van der Waals surface area (Å²) in [6.45, 7) is 11.4. The van der Waals surface area contributed by atoms with E-state index >= 15 is 0 Å². The van der Waals surface area contributed by atoms with Gasteiger partial charge in [-0.1, -0.05) is 49.4 Å². The number of likely N-dealkylation sites (N-methyl/N-ethyl adjacent to an activating group) is 1. The zero-order chi connectivity index (χ0) is 28.6. The molecule has 0 bridgehead atoms. The average Bonchev–Trinajstić information content (AvgIpc) is 3.67. The minimum absolute atomic E-state index is 0.191. The molecule has 4 aromatic heterocycles. The summed E-state index contributed by atoms with van der Waals surface area (Å²) in [6.07, 6.45) is 3.86. The van der Waals surface area contributed by atoms with Crippen LogP contribution in [0, 0.1) is 0 Å². The van der Waals surface area contributed by atoms with Crippen LogP contribution in [-0.2, 0) is 10.2 Å². The maximum Gasteiger partial charge on any atom is 0.324 e. The van der Waals surface area contributed by atoms with Crippen LogP contribution < -0.4 is 15.5 Å². The molecule has 12 nitrogen and oxygen atoms in total. The van der Waals surface area contributed by atoms with Crippen LogP contribution >= 0.6 is 11.3 Å². The number of ether oxygens (including phenoxy) is 1. The number of carbonyl (C=O) groups is 1. The molecule has 2 amide bonds. The van der Waals surface area contributed by atoms with Crippen LogP contribution in [0.25, 0.3) is 26.6 Å². The highest BCUT2D eigenvalue weighted by Gasteiger charge is 2.20. The predicted molar refractivity (Wildman–Crippen MR) is 160 cm³/mol. The third-order valence-corrected chi connectivity index (χ3v) is 7.93. The molecular weight excluding hydrogens is 542 g/mol. The first kappa shape index (κ1) is 27.1. The van der Waals surface area contributed by atoms with Gasteiger partial charge in [0.2, 0.25) is 5.95 Å². The summed E-state index contributed by atoms with van der Waals surface area (Å²) < 4.78 is 12.8.